The van der Waals surface area contributed by atoms with Gasteiger partial charge in [0.15, 0.2) is 0 Å². The Morgan fingerprint density at radius 3 is 2.53 bits per heavy atom. The smallest absolute Gasteiger partial charge is 0.347 e. The predicted octanol–water partition coefficient (Wildman–Crippen LogP) is 1.82. The number of aromatic amines is 1. The number of ether oxygens (including phenoxy) is 1. The number of nitrogens with one attached hydrogen (secondary N) is 1. The zero-order chi connectivity index (χ0) is 10.7. The van der Waals surface area contributed by atoms with Crippen LogP contribution in [0.5, 0.6) is 5.75 Å². The number of anilines is 1. The number of benzene rings is 1. The van der Waals surface area contributed by atoms with Crippen molar-refractivity contribution in [2.45, 2.75) is 0 Å². The van der Waals surface area contributed by atoms with Crippen molar-refractivity contribution >= 4 is 11.8 Å². The average molecular weight is 202 g/mol. The fraction of sp³-hybridized carbons (Fsp3) is 0. The molecule has 76 valence electrons. The first-order valence-corrected chi connectivity index (χ1v) is 4.47. The Labute approximate surface area is 86.7 Å². The number of hydrogen-bond acceptors (Lipinski definition) is 3. The third kappa shape index (κ3) is 1.99. The molecule has 1 heterocycles. The summed E-state index contributed by atoms with van der Waals surface area (Å²) in [6, 6.07) is 10.4. The summed E-state index contributed by atoms with van der Waals surface area (Å²) in [5, 5.41) is 0. The third-order valence-corrected chi connectivity index (χ3v) is 1.95. The molecule has 0 fully saturated rings. The molecule has 4 heteroatoms. The van der Waals surface area contributed by atoms with E-state index in [0.717, 1.165) is 0 Å². The van der Waals surface area contributed by atoms with Gasteiger partial charge in [0.25, 0.3) is 0 Å². The van der Waals surface area contributed by atoms with E-state index in [-0.39, 0.29) is 0 Å². The van der Waals surface area contributed by atoms with E-state index in [0.29, 0.717) is 17.1 Å². The van der Waals surface area contributed by atoms with Gasteiger partial charge in [-0.3, -0.25) is 0 Å². The number of hydrogen-bond donors (Lipinski definition) is 2. The maximum Gasteiger partial charge on any atom is 0.347 e. The van der Waals surface area contributed by atoms with E-state index in [1.54, 1.807) is 36.5 Å². The van der Waals surface area contributed by atoms with Gasteiger partial charge in [-0.05, 0) is 18.2 Å². The highest BCUT2D eigenvalue weighted by Crippen LogP contribution is 2.14. The number of nitrogens with two attached hydrogens (primary N) is 1. The standard InChI is InChI=1S/C11H10N2O2/c12-10-9(6-7-13-10)11(14)15-8-4-2-1-3-5-8/h1-7,13H,12H2. The van der Waals surface area contributed by atoms with Crippen LogP contribution in [0, 0.1) is 0 Å². The van der Waals surface area contributed by atoms with Crippen LogP contribution in [0.2, 0.25) is 0 Å². The van der Waals surface area contributed by atoms with Gasteiger partial charge in [0.05, 0.1) is 0 Å². The fourth-order valence-electron chi connectivity index (χ4n) is 1.21. The molecule has 0 amide bonds. The summed E-state index contributed by atoms with van der Waals surface area (Å²) in [6.07, 6.45) is 1.59. The number of carbonyl (C=O) groups excluding carboxylic acids is 1. The molecular weight excluding hydrogens is 192 g/mol. The molecule has 0 saturated carbocycles. The molecule has 0 spiro atoms. The Bertz CT molecular complexity index is 462. The van der Waals surface area contributed by atoms with Crippen molar-refractivity contribution in [3.8, 4) is 5.75 Å². The van der Waals surface area contributed by atoms with Crippen molar-refractivity contribution in [2.24, 2.45) is 0 Å². The third-order valence-electron chi connectivity index (χ3n) is 1.95. The molecule has 0 bridgehead atoms. The summed E-state index contributed by atoms with van der Waals surface area (Å²) in [4.78, 5) is 14.3. The predicted molar refractivity (Wildman–Crippen MR) is 56.6 cm³/mol. The summed E-state index contributed by atoms with van der Waals surface area (Å²) in [5.74, 6) is 0.360. The van der Waals surface area contributed by atoms with Crippen LogP contribution >= 0.6 is 0 Å². The minimum Gasteiger partial charge on any atom is -0.423 e. The molecule has 2 rings (SSSR count). The summed E-state index contributed by atoms with van der Waals surface area (Å²) in [7, 11) is 0. The lowest BCUT2D eigenvalue weighted by molar-refractivity contribution is 0.0736. The van der Waals surface area contributed by atoms with Crippen LogP contribution in [0.15, 0.2) is 42.6 Å². The molecule has 0 aliphatic heterocycles. The second kappa shape index (κ2) is 3.88. The zero-order valence-electron chi connectivity index (χ0n) is 7.94. The lowest BCUT2D eigenvalue weighted by atomic mass is 10.3. The second-order valence-corrected chi connectivity index (χ2v) is 3.01. The minimum atomic E-state index is -0.458. The molecule has 4 nitrogen and oxygen atoms in total. The molecular formula is C11H10N2O2. The van der Waals surface area contributed by atoms with Gasteiger partial charge in [-0.1, -0.05) is 18.2 Å². The van der Waals surface area contributed by atoms with Crippen LogP contribution in [0.3, 0.4) is 0 Å². The molecule has 1 aromatic heterocycles. The SMILES string of the molecule is Nc1[nH]ccc1C(=O)Oc1ccccc1. The molecule has 0 radical (unpaired) electrons. The first-order chi connectivity index (χ1) is 7.27. The summed E-state index contributed by atoms with van der Waals surface area (Å²) < 4.78 is 5.10. The fourth-order valence-corrected chi connectivity index (χ4v) is 1.21. The monoisotopic (exact) mass is 202 g/mol. The maximum atomic E-state index is 11.6. The van der Waals surface area contributed by atoms with E-state index < -0.39 is 5.97 Å². The zero-order valence-corrected chi connectivity index (χ0v) is 7.94. The summed E-state index contributed by atoms with van der Waals surface area (Å²) >= 11 is 0. The maximum absolute atomic E-state index is 11.6. The van der Waals surface area contributed by atoms with Gasteiger partial charge in [-0.15, -0.1) is 0 Å². The van der Waals surface area contributed by atoms with Gasteiger partial charge >= 0.3 is 5.97 Å². The number of aromatic nitrogens is 1. The van der Waals surface area contributed by atoms with Crippen LogP contribution in [-0.4, -0.2) is 11.0 Å². The summed E-state index contributed by atoms with van der Waals surface area (Å²) in [5.41, 5.74) is 5.88. The van der Waals surface area contributed by atoms with Crippen LogP contribution in [0.25, 0.3) is 0 Å². The first kappa shape index (κ1) is 9.33. The molecule has 2 aromatic rings. The van der Waals surface area contributed by atoms with E-state index in [1.165, 1.54) is 0 Å². The van der Waals surface area contributed by atoms with Gasteiger partial charge in [-0.2, -0.15) is 0 Å². The topological polar surface area (TPSA) is 68.1 Å². The van der Waals surface area contributed by atoms with Crippen LogP contribution in [-0.2, 0) is 0 Å². The van der Waals surface area contributed by atoms with Crippen LogP contribution in [0.1, 0.15) is 10.4 Å². The molecule has 1 aromatic carbocycles. The highest BCUT2D eigenvalue weighted by Gasteiger charge is 2.12. The molecule has 0 aliphatic rings. The highest BCUT2D eigenvalue weighted by atomic mass is 16.5. The Balaban J connectivity index is 2.15. The van der Waals surface area contributed by atoms with Crippen molar-refractivity contribution in [2.75, 3.05) is 5.73 Å². The number of para-hydroxylation sites is 1. The number of rotatable bonds is 2. The normalized spacial score (nSPS) is 9.87. The lowest BCUT2D eigenvalue weighted by Crippen LogP contribution is -2.09. The van der Waals surface area contributed by atoms with E-state index in [9.17, 15) is 4.79 Å². The molecule has 0 saturated heterocycles. The van der Waals surface area contributed by atoms with Crippen molar-refractivity contribution < 1.29 is 9.53 Å². The van der Waals surface area contributed by atoms with Gasteiger partial charge in [0, 0.05) is 6.20 Å². The van der Waals surface area contributed by atoms with E-state index >= 15 is 0 Å². The highest BCUT2D eigenvalue weighted by molar-refractivity contribution is 5.95. The second-order valence-electron chi connectivity index (χ2n) is 3.01. The van der Waals surface area contributed by atoms with Crippen molar-refractivity contribution in [3.05, 3.63) is 48.2 Å². The van der Waals surface area contributed by atoms with Crippen LogP contribution in [0.4, 0.5) is 5.82 Å². The minimum absolute atomic E-state index is 0.316. The molecule has 3 N–H and O–H groups in total. The van der Waals surface area contributed by atoms with Gasteiger partial charge in [0.1, 0.15) is 17.1 Å². The van der Waals surface area contributed by atoms with Crippen LogP contribution < -0.4 is 10.5 Å². The van der Waals surface area contributed by atoms with E-state index in [2.05, 4.69) is 4.98 Å². The lowest BCUT2D eigenvalue weighted by Gasteiger charge is -2.02. The Morgan fingerprint density at radius 2 is 1.93 bits per heavy atom. The number of nitrogen functional groups attached to an aromatic ring is 1. The molecule has 0 atom stereocenters. The summed E-state index contributed by atoms with van der Waals surface area (Å²) in [6.45, 7) is 0. The largest absolute Gasteiger partial charge is 0.423 e. The molecule has 0 aliphatic carbocycles. The van der Waals surface area contributed by atoms with Gasteiger partial charge < -0.3 is 15.5 Å². The van der Waals surface area contributed by atoms with E-state index in [1.807, 2.05) is 6.07 Å². The molecule has 15 heavy (non-hydrogen) atoms. The van der Waals surface area contributed by atoms with Crippen molar-refractivity contribution in [1.29, 1.82) is 0 Å². The van der Waals surface area contributed by atoms with E-state index in [4.69, 9.17) is 10.5 Å². The number of esters is 1. The van der Waals surface area contributed by atoms with Crippen molar-refractivity contribution in [1.82, 2.24) is 4.98 Å². The van der Waals surface area contributed by atoms with Gasteiger partial charge in [0.2, 0.25) is 0 Å². The first-order valence-electron chi connectivity index (χ1n) is 4.47. The number of carbonyl (C=O) groups is 1. The number of H-pyrrole nitrogens is 1. The van der Waals surface area contributed by atoms with Crippen molar-refractivity contribution in [3.63, 3.8) is 0 Å². The molecule has 0 unspecified atom stereocenters. The quantitative estimate of drug-likeness (QED) is 0.576. The Hall–Kier alpha value is -2.23. The Kier molecular flexibility index (Phi) is 2.41. The van der Waals surface area contributed by atoms with Gasteiger partial charge in [-0.25, -0.2) is 4.79 Å². The average Bonchev–Trinajstić information content (AvgIpc) is 2.66. The Morgan fingerprint density at radius 1 is 1.20 bits per heavy atom.